The van der Waals surface area contributed by atoms with Crippen molar-refractivity contribution in [3.63, 3.8) is 0 Å². The van der Waals surface area contributed by atoms with Crippen LogP contribution in [0.5, 0.6) is 11.5 Å². The molecule has 212 valence electrons. The van der Waals surface area contributed by atoms with Crippen LogP contribution in [-0.2, 0) is 4.74 Å². The van der Waals surface area contributed by atoms with E-state index in [0.29, 0.717) is 41.9 Å². The summed E-state index contributed by atoms with van der Waals surface area (Å²) in [5.74, 6) is 2.03. The molecule has 3 heterocycles. The summed E-state index contributed by atoms with van der Waals surface area (Å²) >= 11 is 0. The number of imidazole rings is 1. The smallest absolute Gasteiger partial charge is 0.272 e. The monoisotopic (exact) mass is 557 g/mol. The fraction of sp³-hybridized carbons (Fsp3) is 0.323. The van der Waals surface area contributed by atoms with Crippen molar-refractivity contribution in [2.75, 3.05) is 19.8 Å². The van der Waals surface area contributed by atoms with Gasteiger partial charge in [0.05, 0.1) is 18.9 Å². The first-order valence-corrected chi connectivity index (χ1v) is 14.0. The maximum absolute atomic E-state index is 13.2. The highest BCUT2D eigenvalue weighted by Crippen LogP contribution is 2.41. The summed E-state index contributed by atoms with van der Waals surface area (Å²) in [5, 5.41) is 3.79. The number of ether oxygens (including phenoxy) is 2. The van der Waals surface area contributed by atoms with E-state index in [4.69, 9.17) is 14.5 Å². The lowest BCUT2D eigenvalue weighted by Gasteiger charge is -2.29. The minimum absolute atomic E-state index is 0.116. The summed E-state index contributed by atoms with van der Waals surface area (Å²) in [7, 11) is 0. The first-order chi connectivity index (χ1) is 20.0. The Hall–Kier alpha value is -4.28. The first-order valence-electron chi connectivity index (χ1n) is 14.0. The zero-order valence-electron chi connectivity index (χ0n) is 22.7. The van der Waals surface area contributed by atoms with E-state index in [1.807, 2.05) is 0 Å². The van der Waals surface area contributed by atoms with Gasteiger partial charge in [0, 0.05) is 30.1 Å². The molecule has 1 aliphatic carbocycles. The number of nitrogens with one attached hydrogen (secondary N) is 4. The van der Waals surface area contributed by atoms with E-state index in [-0.39, 0.29) is 28.5 Å². The zero-order valence-corrected chi connectivity index (χ0v) is 22.7. The Morgan fingerprint density at radius 2 is 1.78 bits per heavy atom. The van der Waals surface area contributed by atoms with Gasteiger partial charge >= 0.3 is 0 Å². The SMILES string of the molecule is CCC(c1nc(/C=c2\[nH]c(=O)/c(=C/c3cccc(Oc4ccc(F)cc4)c3)[nH]c2=O)c(C2CC2)[nH]1)C1COCCN1. The van der Waals surface area contributed by atoms with Gasteiger partial charge in [0.25, 0.3) is 11.1 Å². The van der Waals surface area contributed by atoms with Gasteiger partial charge in [-0.25, -0.2) is 9.37 Å². The quantitative estimate of drug-likeness (QED) is 0.264. The average Bonchev–Trinajstić information content (AvgIpc) is 3.74. The summed E-state index contributed by atoms with van der Waals surface area (Å²) in [5.41, 5.74) is 1.49. The normalized spacial score (nSPS) is 18.9. The molecule has 1 saturated heterocycles. The van der Waals surface area contributed by atoms with Crippen LogP contribution in [0.1, 0.15) is 60.8 Å². The maximum atomic E-state index is 13.2. The van der Waals surface area contributed by atoms with Crippen molar-refractivity contribution in [2.45, 2.75) is 44.1 Å². The van der Waals surface area contributed by atoms with Gasteiger partial charge in [-0.2, -0.15) is 0 Å². The van der Waals surface area contributed by atoms with Crippen LogP contribution in [0, 0.1) is 5.82 Å². The third-order valence-electron chi connectivity index (χ3n) is 7.48. The Bertz CT molecular complexity index is 1770. The van der Waals surface area contributed by atoms with Crippen molar-refractivity contribution in [3.8, 4) is 11.5 Å². The van der Waals surface area contributed by atoms with Gasteiger partial charge in [-0.1, -0.05) is 19.1 Å². The topological polar surface area (TPSA) is 125 Å². The van der Waals surface area contributed by atoms with Gasteiger partial charge in [-0.15, -0.1) is 0 Å². The summed E-state index contributed by atoms with van der Waals surface area (Å²) in [6, 6.07) is 12.9. The number of hydrogen-bond acceptors (Lipinski definition) is 6. The Morgan fingerprint density at radius 3 is 2.46 bits per heavy atom. The Balaban J connectivity index is 1.30. The third kappa shape index (κ3) is 6.23. The Labute approximate surface area is 235 Å². The fourth-order valence-corrected chi connectivity index (χ4v) is 5.21. The maximum Gasteiger partial charge on any atom is 0.272 e. The molecular formula is C31H32FN5O4. The van der Waals surface area contributed by atoms with Crippen molar-refractivity contribution < 1.29 is 13.9 Å². The van der Waals surface area contributed by atoms with Crippen LogP contribution in [-0.4, -0.2) is 45.7 Å². The van der Waals surface area contributed by atoms with E-state index >= 15 is 0 Å². The molecule has 10 heteroatoms. The lowest BCUT2D eigenvalue weighted by Crippen LogP contribution is -2.46. The number of hydrogen-bond donors (Lipinski definition) is 4. The van der Waals surface area contributed by atoms with Crippen molar-refractivity contribution in [2.24, 2.45) is 0 Å². The number of aromatic amines is 3. The first kappa shape index (κ1) is 26.9. The Kier molecular flexibility index (Phi) is 7.67. The van der Waals surface area contributed by atoms with Crippen molar-refractivity contribution in [1.82, 2.24) is 25.3 Å². The predicted octanol–water partition coefficient (Wildman–Crippen LogP) is 2.73. The molecule has 2 fully saturated rings. The molecule has 2 aliphatic rings. The zero-order chi connectivity index (χ0) is 28.3. The largest absolute Gasteiger partial charge is 0.457 e. The van der Waals surface area contributed by atoms with Gasteiger partial charge < -0.3 is 29.7 Å². The van der Waals surface area contributed by atoms with Crippen LogP contribution < -0.4 is 31.9 Å². The summed E-state index contributed by atoms with van der Waals surface area (Å²) < 4.78 is 24.7. The van der Waals surface area contributed by atoms with Crippen molar-refractivity contribution >= 4 is 12.2 Å². The van der Waals surface area contributed by atoms with E-state index in [2.05, 4.69) is 27.2 Å². The molecule has 0 bridgehead atoms. The molecule has 6 rings (SSSR count). The van der Waals surface area contributed by atoms with E-state index in [1.165, 1.54) is 24.3 Å². The van der Waals surface area contributed by atoms with Crippen molar-refractivity contribution in [3.05, 3.63) is 109 Å². The molecule has 2 unspecified atom stereocenters. The number of aromatic nitrogens is 4. The molecular weight excluding hydrogens is 525 g/mol. The molecule has 41 heavy (non-hydrogen) atoms. The van der Waals surface area contributed by atoms with Gasteiger partial charge in [0.2, 0.25) is 0 Å². The molecule has 2 aromatic carbocycles. The van der Waals surface area contributed by atoms with Crippen LogP contribution in [0.25, 0.3) is 12.2 Å². The highest BCUT2D eigenvalue weighted by molar-refractivity contribution is 5.52. The molecule has 2 atom stereocenters. The van der Waals surface area contributed by atoms with Crippen LogP contribution in [0.4, 0.5) is 4.39 Å². The predicted molar refractivity (Wildman–Crippen MR) is 153 cm³/mol. The second kappa shape index (κ2) is 11.7. The Morgan fingerprint density at radius 1 is 1.02 bits per heavy atom. The number of H-pyrrole nitrogens is 3. The lowest BCUT2D eigenvalue weighted by molar-refractivity contribution is 0.0664. The highest BCUT2D eigenvalue weighted by atomic mass is 19.1. The van der Waals surface area contributed by atoms with Gasteiger partial charge in [0.15, 0.2) is 0 Å². The highest BCUT2D eigenvalue weighted by Gasteiger charge is 2.32. The number of rotatable bonds is 8. The summed E-state index contributed by atoms with van der Waals surface area (Å²) in [6.45, 7) is 4.27. The molecule has 1 aliphatic heterocycles. The minimum Gasteiger partial charge on any atom is -0.457 e. The van der Waals surface area contributed by atoms with Gasteiger partial charge in [-0.3, -0.25) is 9.59 Å². The molecule has 0 spiro atoms. The van der Waals surface area contributed by atoms with Crippen LogP contribution in [0.3, 0.4) is 0 Å². The molecule has 4 N–H and O–H groups in total. The lowest BCUT2D eigenvalue weighted by atomic mass is 9.96. The van der Waals surface area contributed by atoms with Crippen LogP contribution in [0.15, 0.2) is 58.1 Å². The minimum atomic E-state index is -0.431. The van der Waals surface area contributed by atoms with E-state index in [1.54, 1.807) is 36.4 Å². The average molecular weight is 558 g/mol. The second-order valence-electron chi connectivity index (χ2n) is 10.5. The standard InChI is InChI=1S/C31H32FN5O4/c1-2-23(27-17-40-13-12-33-27)29-34-24(28(37-29)19-6-7-19)16-26-31(39)35-25(30(38)36-26)15-18-4-3-5-22(14-18)41-21-10-8-20(32)9-11-21/h3-5,8-11,14-16,19,23,27,33H,2,6-7,12-13,17H2,1H3,(H,34,37)(H,35,39)(H,36,38)/b25-15-,26-16-. The van der Waals surface area contributed by atoms with Gasteiger partial charge in [-0.05, 0) is 73.4 Å². The molecule has 4 aromatic rings. The fourth-order valence-electron chi connectivity index (χ4n) is 5.21. The van der Waals surface area contributed by atoms with Crippen LogP contribution in [0.2, 0.25) is 0 Å². The summed E-state index contributed by atoms with van der Waals surface area (Å²) in [6.07, 6.45) is 6.25. The number of morpholine rings is 1. The second-order valence-corrected chi connectivity index (χ2v) is 10.5. The molecule has 9 nitrogen and oxygen atoms in total. The van der Waals surface area contributed by atoms with E-state index in [9.17, 15) is 14.0 Å². The number of halogens is 1. The van der Waals surface area contributed by atoms with E-state index in [0.717, 1.165) is 37.3 Å². The third-order valence-corrected chi connectivity index (χ3v) is 7.48. The molecule has 1 saturated carbocycles. The van der Waals surface area contributed by atoms with Crippen molar-refractivity contribution in [1.29, 1.82) is 0 Å². The number of benzene rings is 2. The summed E-state index contributed by atoms with van der Waals surface area (Å²) in [4.78, 5) is 39.9. The van der Waals surface area contributed by atoms with Crippen LogP contribution >= 0.6 is 0 Å². The number of nitrogens with zero attached hydrogens (tertiary/aromatic N) is 1. The molecule has 0 radical (unpaired) electrons. The van der Waals surface area contributed by atoms with E-state index < -0.39 is 11.1 Å². The van der Waals surface area contributed by atoms with Gasteiger partial charge in [0.1, 0.15) is 33.8 Å². The molecule has 0 amide bonds. The molecule has 2 aromatic heterocycles.